The Balaban J connectivity index is 1.63. The number of rotatable bonds is 7. The zero-order chi connectivity index (χ0) is 19.9. The fraction of sp³-hybridized carbons (Fsp3) is 0.211. The average molecular weight is 416 g/mol. The summed E-state index contributed by atoms with van der Waals surface area (Å²) in [5.74, 6) is 1.03. The van der Waals surface area contributed by atoms with Gasteiger partial charge in [0.25, 0.3) is 0 Å². The number of nitrogens with one attached hydrogen (secondary N) is 2. The fourth-order valence-corrected chi connectivity index (χ4v) is 4.01. The molecule has 3 aromatic rings. The molecular weight excluding hydrogens is 394 g/mol. The van der Waals surface area contributed by atoms with Gasteiger partial charge in [-0.25, -0.2) is 4.98 Å². The smallest absolute Gasteiger partial charge is 0.217 e. The van der Waals surface area contributed by atoms with E-state index in [1.54, 1.807) is 11.3 Å². The van der Waals surface area contributed by atoms with Crippen LogP contribution in [-0.2, 0) is 11.3 Å². The van der Waals surface area contributed by atoms with Crippen molar-refractivity contribution < 1.29 is 9.53 Å². The van der Waals surface area contributed by atoms with Crippen molar-refractivity contribution >= 4 is 45.4 Å². The average Bonchev–Trinajstić information content (AvgIpc) is 3.31. The Kier molecular flexibility index (Phi) is 6.62. The van der Waals surface area contributed by atoms with Gasteiger partial charge in [0, 0.05) is 22.9 Å². The molecule has 0 radical (unpaired) electrons. The van der Waals surface area contributed by atoms with Gasteiger partial charge in [0.1, 0.15) is 5.75 Å². The van der Waals surface area contributed by atoms with Crippen LogP contribution in [0.1, 0.15) is 18.7 Å². The van der Waals surface area contributed by atoms with Crippen LogP contribution in [-0.4, -0.2) is 23.5 Å². The zero-order valence-corrected chi connectivity index (χ0v) is 17.2. The first-order chi connectivity index (χ1) is 13.5. The molecule has 2 aromatic heterocycles. The predicted molar refractivity (Wildman–Crippen MR) is 115 cm³/mol. The molecule has 0 bridgehead atoms. The van der Waals surface area contributed by atoms with Crippen molar-refractivity contribution in [2.45, 2.75) is 20.4 Å². The number of aliphatic imine (C=N–C) groups is 1. The van der Waals surface area contributed by atoms with Gasteiger partial charge in [-0.1, -0.05) is 0 Å². The molecule has 0 atom stereocenters. The summed E-state index contributed by atoms with van der Waals surface area (Å²) in [6, 6.07) is 11.5. The van der Waals surface area contributed by atoms with Gasteiger partial charge in [0.2, 0.25) is 17.0 Å². The number of hydrogen-bond acceptors (Lipinski definition) is 6. The number of benzene rings is 1. The van der Waals surface area contributed by atoms with E-state index in [2.05, 4.69) is 20.6 Å². The first-order valence-electron chi connectivity index (χ1n) is 8.66. The minimum Gasteiger partial charge on any atom is -0.494 e. The first-order valence-corrected chi connectivity index (χ1v) is 10.4. The molecule has 0 aliphatic heterocycles. The van der Waals surface area contributed by atoms with Crippen molar-refractivity contribution in [1.82, 2.24) is 10.3 Å². The van der Waals surface area contributed by atoms with E-state index < -0.39 is 0 Å². The van der Waals surface area contributed by atoms with Crippen molar-refractivity contribution in [3.05, 3.63) is 46.7 Å². The summed E-state index contributed by atoms with van der Waals surface area (Å²) in [5, 5.41) is 8.35. The number of nitrogens with two attached hydrogens (primary N) is 1. The molecule has 0 aliphatic carbocycles. The number of carbonyl (C=O) groups excluding carboxylic acids is 1. The van der Waals surface area contributed by atoms with Crippen LogP contribution >= 0.6 is 22.7 Å². The number of carbonyl (C=O) groups is 1. The van der Waals surface area contributed by atoms with Crippen LogP contribution in [0.5, 0.6) is 5.75 Å². The number of amides is 1. The van der Waals surface area contributed by atoms with Gasteiger partial charge in [-0.3, -0.25) is 4.79 Å². The third-order valence-corrected chi connectivity index (χ3v) is 5.41. The van der Waals surface area contributed by atoms with Gasteiger partial charge in [0.15, 0.2) is 0 Å². The van der Waals surface area contributed by atoms with Gasteiger partial charge in [0.05, 0.1) is 23.7 Å². The summed E-state index contributed by atoms with van der Waals surface area (Å²) >= 11 is 3.01. The van der Waals surface area contributed by atoms with E-state index in [4.69, 9.17) is 10.5 Å². The van der Waals surface area contributed by atoms with Gasteiger partial charge >= 0.3 is 0 Å². The molecule has 3 rings (SSSR count). The summed E-state index contributed by atoms with van der Waals surface area (Å²) in [4.78, 5) is 22.0. The van der Waals surface area contributed by atoms with Crippen molar-refractivity contribution in [2.24, 2.45) is 10.7 Å². The van der Waals surface area contributed by atoms with E-state index >= 15 is 0 Å². The second-order valence-corrected chi connectivity index (χ2v) is 7.78. The maximum atomic E-state index is 11.0. The Bertz CT molecular complexity index is 963. The van der Waals surface area contributed by atoms with Gasteiger partial charge < -0.3 is 21.1 Å². The number of ether oxygens (including phenoxy) is 1. The van der Waals surface area contributed by atoms with E-state index in [0.29, 0.717) is 18.3 Å². The van der Waals surface area contributed by atoms with Gasteiger partial charge in [-0.15, -0.1) is 22.7 Å². The number of guanidine groups is 1. The molecule has 28 heavy (non-hydrogen) atoms. The Morgan fingerprint density at radius 3 is 2.75 bits per heavy atom. The van der Waals surface area contributed by atoms with Crippen LogP contribution in [0.3, 0.4) is 0 Å². The molecular formula is C19H21N5O2S2. The molecule has 7 nitrogen and oxygen atoms in total. The standard InChI is InChI=1S/C19H21N5O2S2/c1-3-26-14-6-4-13(5-7-14)22-18(20)24-19-23-16(11-27-19)17-9-8-15(28-17)10-21-12(2)25/h4-9,11H,3,10H2,1-2H3,(H,21,25)(H3,20,22,23,24). The molecule has 4 N–H and O–H groups in total. The van der Waals surface area contributed by atoms with Crippen molar-refractivity contribution in [3.63, 3.8) is 0 Å². The lowest BCUT2D eigenvalue weighted by atomic mass is 10.3. The maximum Gasteiger partial charge on any atom is 0.217 e. The van der Waals surface area contributed by atoms with Gasteiger partial charge in [-0.05, 0) is 43.3 Å². The van der Waals surface area contributed by atoms with Crippen molar-refractivity contribution in [3.8, 4) is 16.3 Å². The SMILES string of the molecule is CCOc1ccc(NC(N)=Nc2nc(-c3ccc(CNC(C)=O)s3)cs2)cc1. The van der Waals surface area contributed by atoms with Crippen LogP contribution in [0.15, 0.2) is 46.8 Å². The third-order valence-electron chi connectivity index (χ3n) is 3.57. The molecule has 0 fully saturated rings. The molecule has 0 aliphatic rings. The van der Waals surface area contributed by atoms with E-state index in [0.717, 1.165) is 26.9 Å². The number of nitrogens with zero attached hydrogens (tertiary/aromatic N) is 2. The lowest BCUT2D eigenvalue weighted by Crippen LogP contribution is -2.21. The summed E-state index contributed by atoms with van der Waals surface area (Å²) in [6.45, 7) is 4.60. The predicted octanol–water partition coefficient (Wildman–Crippen LogP) is 3.96. The van der Waals surface area contributed by atoms with E-state index in [1.165, 1.54) is 18.3 Å². The number of aromatic nitrogens is 1. The quantitative estimate of drug-likeness (QED) is 0.400. The lowest BCUT2D eigenvalue weighted by molar-refractivity contribution is -0.119. The normalized spacial score (nSPS) is 11.3. The molecule has 1 aromatic carbocycles. The van der Waals surface area contributed by atoms with Crippen LogP contribution < -0.4 is 21.1 Å². The Morgan fingerprint density at radius 2 is 2.04 bits per heavy atom. The topological polar surface area (TPSA) is 102 Å². The molecule has 146 valence electrons. The highest BCUT2D eigenvalue weighted by molar-refractivity contribution is 7.16. The lowest BCUT2D eigenvalue weighted by Gasteiger charge is -2.06. The highest BCUT2D eigenvalue weighted by Gasteiger charge is 2.08. The Labute approximate surface area is 171 Å². The maximum absolute atomic E-state index is 11.0. The van der Waals surface area contributed by atoms with Crippen LogP contribution in [0, 0.1) is 0 Å². The van der Waals surface area contributed by atoms with E-state index in [-0.39, 0.29) is 11.9 Å². The molecule has 0 spiro atoms. The third kappa shape index (κ3) is 5.54. The van der Waals surface area contributed by atoms with Crippen molar-refractivity contribution in [2.75, 3.05) is 11.9 Å². The van der Waals surface area contributed by atoms with Gasteiger partial charge in [-0.2, -0.15) is 4.99 Å². The number of thiazole rings is 1. The molecule has 0 unspecified atom stereocenters. The van der Waals surface area contributed by atoms with Crippen LogP contribution in [0.4, 0.5) is 10.8 Å². The number of anilines is 1. The molecule has 0 saturated heterocycles. The zero-order valence-electron chi connectivity index (χ0n) is 15.6. The summed E-state index contributed by atoms with van der Waals surface area (Å²) in [5.41, 5.74) is 7.66. The molecule has 0 saturated carbocycles. The molecule has 9 heteroatoms. The highest BCUT2D eigenvalue weighted by atomic mass is 32.1. The highest BCUT2D eigenvalue weighted by Crippen LogP contribution is 2.31. The van der Waals surface area contributed by atoms with Crippen LogP contribution in [0.2, 0.25) is 0 Å². The summed E-state index contributed by atoms with van der Waals surface area (Å²) < 4.78 is 5.42. The molecule has 2 heterocycles. The minimum atomic E-state index is -0.0456. The molecule has 1 amide bonds. The van der Waals surface area contributed by atoms with E-state index in [1.807, 2.05) is 48.7 Å². The minimum absolute atomic E-state index is 0.0456. The van der Waals surface area contributed by atoms with Crippen LogP contribution in [0.25, 0.3) is 10.6 Å². The Hall–Kier alpha value is -2.91. The summed E-state index contributed by atoms with van der Waals surface area (Å²) in [7, 11) is 0. The van der Waals surface area contributed by atoms with Crippen molar-refractivity contribution in [1.29, 1.82) is 0 Å². The summed E-state index contributed by atoms with van der Waals surface area (Å²) in [6.07, 6.45) is 0. The fourth-order valence-electron chi connectivity index (χ4n) is 2.33. The number of hydrogen-bond donors (Lipinski definition) is 3. The van der Waals surface area contributed by atoms with E-state index in [9.17, 15) is 4.79 Å². The number of thiophene rings is 1. The first kappa shape index (κ1) is 19.8. The second-order valence-electron chi connectivity index (χ2n) is 5.77. The largest absolute Gasteiger partial charge is 0.494 e. The Morgan fingerprint density at radius 1 is 1.25 bits per heavy atom. The second kappa shape index (κ2) is 9.34. The monoisotopic (exact) mass is 415 g/mol.